The Labute approximate surface area is 206 Å². The largest absolute Gasteiger partial charge is 0.508 e. The third kappa shape index (κ3) is 3.91. The second kappa shape index (κ2) is 9.34. The predicted octanol–water partition coefficient (Wildman–Crippen LogP) is 4.37. The molecule has 0 spiro atoms. The lowest BCUT2D eigenvalue weighted by atomic mass is 9.94. The van der Waals surface area contributed by atoms with Crippen molar-refractivity contribution in [2.75, 3.05) is 32.2 Å². The summed E-state index contributed by atoms with van der Waals surface area (Å²) in [5.41, 5.74) is 0.355. The average Bonchev–Trinajstić information content (AvgIpc) is 2.88. The number of β-amino-alcohol motifs (C(OH)–C–C–N with tert-alkyl or cyclic N) is 1. The number of hydrogen-bond acceptors (Lipinski definition) is 8. The van der Waals surface area contributed by atoms with Gasteiger partial charge in [0.25, 0.3) is 0 Å². The zero-order valence-corrected chi connectivity index (χ0v) is 20.2. The number of halogens is 2. The molecule has 8 nitrogen and oxygen atoms in total. The average molecular weight is 497 g/mol. The van der Waals surface area contributed by atoms with Crippen LogP contribution in [0.2, 0.25) is 0 Å². The van der Waals surface area contributed by atoms with Crippen molar-refractivity contribution in [3.05, 3.63) is 41.5 Å². The van der Waals surface area contributed by atoms with Crippen molar-refractivity contribution in [2.24, 2.45) is 0 Å². The number of benzene rings is 2. The molecule has 36 heavy (non-hydrogen) atoms. The van der Waals surface area contributed by atoms with Gasteiger partial charge in [0, 0.05) is 18.7 Å². The maximum absolute atomic E-state index is 16.3. The van der Waals surface area contributed by atoms with E-state index < -0.39 is 17.7 Å². The molecule has 188 valence electrons. The topological polar surface area (TPSA) is 101 Å². The van der Waals surface area contributed by atoms with Gasteiger partial charge < -0.3 is 24.6 Å². The van der Waals surface area contributed by atoms with Gasteiger partial charge in [0.15, 0.2) is 5.82 Å². The minimum atomic E-state index is -0.788. The number of aliphatic hydroxyl groups excluding tert-OH is 1. The van der Waals surface area contributed by atoms with Gasteiger partial charge >= 0.3 is 6.01 Å². The maximum atomic E-state index is 16.3. The van der Waals surface area contributed by atoms with Gasteiger partial charge in [0.05, 0.1) is 20.3 Å². The molecule has 0 radical (unpaired) electrons. The number of ether oxygens (including phenoxy) is 2. The van der Waals surface area contributed by atoms with Gasteiger partial charge in [-0.3, -0.25) is 0 Å². The summed E-state index contributed by atoms with van der Waals surface area (Å²) in [5, 5.41) is 21.9. The molecule has 2 N–H and O–H groups in total. The molecule has 0 amide bonds. The highest BCUT2D eigenvalue weighted by molar-refractivity contribution is 6.03. The number of aryl methyl sites for hydroxylation is 1. The summed E-state index contributed by atoms with van der Waals surface area (Å²) >= 11 is 0. The van der Waals surface area contributed by atoms with E-state index in [2.05, 4.69) is 15.0 Å². The van der Waals surface area contributed by atoms with Crippen molar-refractivity contribution in [3.8, 4) is 28.9 Å². The fourth-order valence-corrected chi connectivity index (χ4v) is 4.93. The van der Waals surface area contributed by atoms with Crippen LogP contribution in [-0.4, -0.2) is 58.6 Å². The lowest BCUT2D eigenvalue weighted by Gasteiger charge is -2.32. The van der Waals surface area contributed by atoms with Gasteiger partial charge in [-0.1, -0.05) is 13.0 Å². The van der Waals surface area contributed by atoms with Crippen LogP contribution in [0.1, 0.15) is 25.3 Å². The van der Waals surface area contributed by atoms with E-state index in [1.54, 1.807) is 6.92 Å². The number of aromatic nitrogens is 3. The molecule has 1 fully saturated rings. The molecule has 5 rings (SSSR count). The highest BCUT2D eigenvalue weighted by atomic mass is 19.1. The smallest absolute Gasteiger partial charge is 0.318 e. The Morgan fingerprint density at radius 1 is 1.08 bits per heavy atom. The fraction of sp³-hybridized carbons (Fsp3) is 0.346. The van der Waals surface area contributed by atoms with Crippen LogP contribution in [0.25, 0.3) is 32.9 Å². The van der Waals surface area contributed by atoms with Gasteiger partial charge in [-0.2, -0.15) is 9.97 Å². The van der Waals surface area contributed by atoms with Gasteiger partial charge in [0.1, 0.15) is 34.0 Å². The minimum absolute atomic E-state index is 0.0586. The Hall–Kier alpha value is -3.79. The molecule has 2 aromatic heterocycles. The van der Waals surface area contributed by atoms with E-state index in [-0.39, 0.29) is 39.8 Å². The number of aromatic hydroxyl groups is 1. The van der Waals surface area contributed by atoms with Gasteiger partial charge in [-0.05, 0) is 53.8 Å². The second-order valence-corrected chi connectivity index (χ2v) is 8.75. The first-order chi connectivity index (χ1) is 17.4. The molecule has 2 aromatic carbocycles. The van der Waals surface area contributed by atoms with Crippen LogP contribution in [0.4, 0.5) is 14.6 Å². The molecule has 0 aliphatic carbocycles. The number of phenolic OH excluding ortho intramolecular Hbond substituents is 1. The Balaban J connectivity index is 1.86. The van der Waals surface area contributed by atoms with Gasteiger partial charge in [0.2, 0.25) is 5.88 Å². The molecule has 4 aromatic rings. The fourth-order valence-electron chi connectivity index (χ4n) is 4.93. The Morgan fingerprint density at radius 2 is 1.89 bits per heavy atom. The van der Waals surface area contributed by atoms with E-state index in [0.29, 0.717) is 48.1 Å². The summed E-state index contributed by atoms with van der Waals surface area (Å²) < 4.78 is 41.9. The summed E-state index contributed by atoms with van der Waals surface area (Å²) in [6.07, 6.45) is 1.18. The molecule has 1 saturated heterocycles. The maximum Gasteiger partial charge on any atom is 0.318 e. The van der Waals surface area contributed by atoms with Crippen LogP contribution in [-0.2, 0) is 6.42 Å². The highest BCUT2D eigenvalue weighted by Crippen LogP contribution is 2.42. The first-order valence-electron chi connectivity index (χ1n) is 11.7. The van der Waals surface area contributed by atoms with Crippen LogP contribution < -0.4 is 14.4 Å². The monoisotopic (exact) mass is 496 g/mol. The first-order valence-corrected chi connectivity index (χ1v) is 11.7. The van der Waals surface area contributed by atoms with E-state index >= 15 is 4.39 Å². The quantitative estimate of drug-likeness (QED) is 0.420. The van der Waals surface area contributed by atoms with Crippen molar-refractivity contribution in [3.63, 3.8) is 0 Å². The van der Waals surface area contributed by atoms with E-state index in [1.807, 2.05) is 4.90 Å². The molecule has 1 unspecified atom stereocenters. The van der Waals surface area contributed by atoms with Crippen molar-refractivity contribution < 1.29 is 28.5 Å². The molecule has 0 saturated carbocycles. The number of pyridine rings is 1. The molecular weight excluding hydrogens is 470 g/mol. The lowest BCUT2D eigenvalue weighted by Crippen LogP contribution is -2.39. The number of hydrogen-bond donors (Lipinski definition) is 2. The lowest BCUT2D eigenvalue weighted by molar-refractivity contribution is 0.154. The van der Waals surface area contributed by atoms with E-state index in [1.165, 1.54) is 38.5 Å². The summed E-state index contributed by atoms with van der Waals surface area (Å²) in [4.78, 5) is 15.0. The SMILES string of the molecule is CCc1c(F)ccc2cc(O)cc(-c3nc(OC)c4c(N5CCCC(O)C5)nc(OC)nc4c3F)c12. The minimum Gasteiger partial charge on any atom is -0.508 e. The third-order valence-electron chi connectivity index (χ3n) is 6.55. The van der Waals surface area contributed by atoms with E-state index in [9.17, 15) is 14.6 Å². The Bertz CT molecular complexity index is 1480. The normalized spacial score (nSPS) is 16.1. The second-order valence-electron chi connectivity index (χ2n) is 8.75. The highest BCUT2D eigenvalue weighted by Gasteiger charge is 2.28. The van der Waals surface area contributed by atoms with Gasteiger partial charge in [-0.15, -0.1) is 0 Å². The number of anilines is 1. The Kier molecular flexibility index (Phi) is 6.21. The summed E-state index contributed by atoms with van der Waals surface area (Å²) in [6, 6.07) is 5.66. The molecular formula is C26H26F2N4O4. The van der Waals surface area contributed by atoms with Crippen LogP contribution in [0, 0.1) is 11.6 Å². The predicted molar refractivity (Wildman–Crippen MR) is 132 cm³/mol. The third-order valence-corrected chi connectivity index (χ3v) is 6.55. The number of piperidine rings is 1. The van der Waals surface area contributed by atoms with Crippen LogP contribution in [0.15, 0.2) is 24.3 Å². The van der Waals surface area contributed by atoms with Crippen molar-refractivity contribution >= 4 is 27.5 Å². The number of methoxy groups -OCH3 is 2. The molecule has 0 bridgehead atoms. The number of rotatable bonds is 5. The standard InChI is InChI=1S/C26H26F2N4O4/c1-4-16-18(27)8-7-13-10-15(34)11-17(19(13)16)22-21(28)23-20(25(29-22)35-2)24(31-26(30-23)36-3)32-9-5-6-14(33)12-32/h7-8,10-11,14,33-34H,4-6,9,12H2,1-3H3. The number of aliphatic hydroxyl groups is 1. The van der Waals surface area contributed by atoms with Crippen molar-refractivity contribution in [1.82, 2.24) is 15.0 Å². The Morgan fingerprint density at radius 3 is 2.58 bits per heavy atom. The summed E-state index contributed by atoms with van der Waals surface area (Å²) in [7, 11) is 2.78. The molecule has 1 aliphatic heterocycles. The van der Waals surface area contributed by atoms with Crippen LogP contribution in [0.5, 0.6) is 17.6 Å². The zero-order chi connectivity index (χ0) is 25.6. The molecule has 1 aliphatic rings. The van der Waals surface area contributed by atoms with Gasteiger partial charge in [-0.25, -0.2) is 13.8 Å². The number of fused-ring (bicyclic) bond motifs is 2. The molecule has 10 heteroatoms. The number of nitrogens with zero attached hydrogens (tertiary/aromatic N) is 4. The zero-order valence-electron chi connectivity index (χ0n) is 20.2. The molecule has 3 heterocycles. The van der Waals surface area contributed by atoms with Crippen molar-refractivity contribution in [1.29, 1.82) is 0 Å². The van der Waals surface area contributed by atoms with E-state index in [0.717, 1.165) is 6.42 Å². The van der Waals surface area contributed by atoms with Crippen molar-refractivity contribution in [2.45, 2.75) is 32.3 Å². The summed E-state index contributed by atoms with van der Waals surface area (Å²) in [6.45, 7) is 2.70. The number of phenols is 1. The van der Waals surface area contributed by atoms with Crippen LogP contribution >= 0.6 is 0 Å². The van der Waals surface area contributed by atoms with Crippen LogP contribution in [0.3, 0.4) is 0 Å². The van der Waals surface area contributed by atoms with E-state index in [4.69, 9.17) is 9.47 Å². The first kappa shape index (κ1) is 23.9. The summed E-state index contributed by atoms with van der Waals surface area (Å²) in [5.74, 6) is -0.935. The molecule has 1 atom stereocenters.